The van der Waals surface area contributed by atoms with E-state index in [4.69, 9.17) is 5.14 Å². The molecule has 1 amide bonds. The lowest BCUT2D eigenvalue weighted by molar-refractivity contribution is -0.121. The lowest BCUT2D eigenvalue weighted by Crippen LogP contribution is -2.25. The molecule has 136 valence electrons. The third kappa shape index (κ3) is 5.99. The lowest BCUT2D eigenvalue weighted by atomic mass is 10.1. The van der Waals surface area contributed by atoms with Crippen LogP contribution in [0.15, 0.2) is 35.2 Å². The molecule has 0 aliphatic carbocycles. The van der Waals surface area contributed by atoms with Crippen LogP contribution in [0.25, 0.3) is 0 Å². The van der Waals surface area contributed by atoms with E-state index in [1.54, 1.807) is 12.1 Å². The molecule has 0 atom stereocenters. The van der Waals surface area contributed by atoms with E-state index in [1.807, 2.05) is 24.6 Å². The molecule has 0 unspecified atom stereocenters. The van der Waals surface area contributed by atoms with Crippen molar-refractivity contribution >= 4 is 15.9 Å². The second-order valence-electron chi connectivity index (χ2n) is 6.04. The monoisotopic (exact) mass is 364 g/mol. The molecule has 3 N–H and O–H groups in total. The smallest absolute Gasteiger partial charge is 0.238 e. The minimum absolute atomic E-state index is 0.0242. The van der Waals surface area contributed by atoms with Crippen LogP contribution in [0.3, 0.4) is 0 Å². The highest BCUT2D eigenvalue weighted by Gasteiger charge is 2.08. The fourth-order valence-corrected chi connectivity index (χ4v) is 3.07. The quantitative estimate of drug-likeness (QED) is 0.688. The summed E-state index contributed by atoms with van der Waals surface area (Å²) in [6.07, 6.45) is 1.72. The Morgan fingerprint density at radius 1 is 1.24 bits per heavy atom. The van der Waals surface area contributed by atoms with Crippen molar-refractivity contribution in [3.63, 3.8) is 0 Å². The Bertz CT molecular complexity index is 826. The Morgan fingerprint density at radius 2 is 1.92 bits per heavy atom. The Balaban J connectivity index is 1.69. The topological polar surface area (TPSA) is 107 Å². The van der Waals surface area contributed by atoms with Gasteiger partial charge >= 0.3 is 0 Å². The fraction of sp³-hybridized carbons (Fsp3) is 0.412. The highest BCUT2D eigenvalue weighted by molar-refractivity contribution is 7.89. The zero-order chi connectivity index (χ0) is 18.4. The predicted molar refractivity (Wildman–Crippen MR) is 95.5 cm³/mol. The van der Waals surface area contributed by atoms with E-state index in [-0.39, 0.29) is 10.8 Å². The molecule has 0 aliphatic heterocycles. The first kappa shape index (κ1) is 19.1. The van der Waals surface area contributed by atoms with Gasteiger partial charge in [0, 0.05) is 25.2 Å². The van der Waals surface area contributed by atoms with Crippen molar-refractivity contribution in [2.24, 2.45) is 5.14 Å². The highest BCUT2D eigenvalue weighted by Crippen LogP contribution is 2.10. The van der Waals surface area contributed by atoms with Crippen molar-refractivity contribution in [3.8, 4) is 0 Å². The number of hydrogen-bond acceptors (Lipinski definition) is 4. The summed E-state index contributed by atoms with van der Waals surface area (Å²) in [5, 5.41) is 12.3. The Labute approximate surface area is 148 Å². The van der Waals surface area contributed by atoms with Gasteiger partial charge in [0.1, 0.15) is 0 Å². The molecule has 1 heterocycles. The van der Waals surface area contributed by atoms with Crippen LogP contribution in [0.4, 0.5) is 0 Å². The minimum atomic E-state index is -3.68. The van der Waals surface area contributed by atoms with Crippen LogP contribution in [-0.4, -0.2) is 30.7 Å². The van der Waals surface area contributed by atoms with Crippen molar-refractivity contribution < 1.29 is 13.2 Å². The minimum Gasteiger partial charge on any atom is -0.356 e. The van der Waals surface area contributed by atoms with Gasteiger partial charge in [-0.3, -0.25) is 9.48 Å². The number of hydrogen-bond donors (Lipinski definition) is 2. The first-order chi connectivity index (χ1) is 11.8. The van der Waals surface area contributed by atoms with Gasteiger partial charge in [-0.1, -0.05) is 12.1 Å². The van der Waals surface area contributed by atoms with E-state index >= 15 is 0 Å². The van der Waals surface area contributed by atoms with E-state index in [2.05, 4.69) is 10.4 Å². The molecular weight excluding hydrogens is 340 g/mol. The van der Waals surface area contributed by atoms with Gasteiger partial charge < -0.3 is 5.32 Å². The van der Waals surface area contributed by atoms with E-state index in [0.29, 0.717) is 19.4 Å². The summed E-state index contributed by atoms with van der Waals surface area (Å²) in [5.41, 5.74) is 3.01. The van der Waals surface area contributed by atoms with Gasteiger partial charge in [-0.05, 0) is 50.5 Å². The molecule has 0 saturated heterocycles. The number of carbonyl (C=O) groups excluding carboxylic acids is 1. The van der Waals surface area contributed by atoms with Crippen LogP contribution in [0, 0.1) is 13.8 Å². The van der Waals surface area contributed by atoms with Crippen molar-refractivity contribution in [1.29, 1.82) is 0 Å². The summed E-state index contributed by atoms with van der Waals surface area (Å²) in [6.45, 7) is 5.34. The molecule has 0 aliphatic rings. The maximum absolute atomic E-state index is 11.9. The van der Waals surface area contributed by atoms with E-state index in [0.717, 1.165) is 29.9 Å². The highest BCUT2D eigenvalue weighted by atomic mass is 32.2. The number of aromatic nitrogens is 2. The molecule has 2 rings (SSSR count). The molecule has 8 heteroatoms. The zero-order valence-electron chi connectivity index (χ0n) is 14.5. The standard InChI is InChI=1S/C17H24N4O3S/c1-13-12-14(2)21(20-13)11-3-10-19-17(22)9-6-15-4-7-16(8-5-15)25(18,23)24/h4-5,7-8,12H,3,6,9-11H2,1-2H3,(H,19,22)(H2,18,23,24). The average molecular weight is 364 g/mol. The van der Waals surface area contributed by atoms with Crippen LogP contribution < -0.4 is 10.5 Å². The molecule has 0 saturated carbocycles. The van der Waals surface area contributed by atoms with Crippen LogP contribution >= 0.6 is 0 Å². The molecule has 0 spiro atoms. The molecule has 1 aromatic heterocycles. The van der Waals surface area contributed by atoms with Crippen LogP contribution in [0.1, 0.15) is 29.8 Å². The second-order valence-corrected chi connectivity index (χ2v) is 7.60. The third-order valence-electron chi connectivity index (χ3n) is 3.86. The van der Waals surface area contributed by atoms with Crippen LogP contribution in [0.5, 0.6) is 0 Å². The average Bonchev–Trinajstić information content (AvgIpc) is 2.87. The number of nitrogens with two attached hydrogens (primary N) is 1. The number of carbonyl (C=O) groups is 1. The summed E-state index contributed by atoms with van der Waals surface area (Å²) in [5.74, 6) is -0.0242. The maximum atomic E-state index is 11.9. The van der Waals surface area contributed by atoms with Gasteiger partial charge in [-0.15, -0.1) is 0 Å². The van der Waals surface area contributed by atoms with Crippen molar-refractivity contribution in [2.45, 2.75) is 44.6 Å². The molecule has 0 radical (unpaired) electrons. The number of benzene rings is 1. The van der Waals surface area contributed by atoms with Crippen LogP contribution in [0.2, 0.25) is 0 Å². The lowest BCUT2D eigenvalue weighted by Gasteiger charge is -2.07. The molecular formula is C17H24N4O3S. The largest absolute Gasteiger partial charge is 0.356 e. The van der Waals surface area contributed by atoms with E-state index in [9.17, 15) is 13.2 Å². The third-order valence-corrected chi connectivity index (χ3v) is 4.79. The molecule has 25 heavy (non-hydrogen) atoms. The number of rotatable bonds is 8. The number of nitrogens with one attached hydrogen (secondary N) is 1. The van der Waals surface area contributed by atoms with Gasteiger partial charge in [0.15, 0.2) is 0 Å². The van der Waals surface area contributed by atoms with Gasteiger partial charge in [0.2, 0.25) is 15.9 Å². The van der Waals surface area contributed by atoms with Gasteiger partial charge in [0.05, 0.1) is 10.6 Å². The molecule has 0 bridgehead atoms. The van der Waals surface area contributed by atoms with E-state index < -0.39 is 10.0 Å². The normalized spacial score (nSPS) is 11.5. The molecule has 2 aromatic rings. The van der Waals surface area contributed by atoms with Crippen LogP contribution in [-0.2, 0) is 27.8 Å². The Hall–Kier alpha value is -2.19. The van der Waals surface area contributed by atoms with Gasteiger partial charge in [-0.25, -0.2) is 13.6 Å². The molecule has 7 nitrogen and oxygen atoms in total. The maximum Gasteiger partial charge on any atom is 0.238 e. The first-order valence-electron chi connectivity index (χ1n) is 8.15. The van der Waals surface area contributed by atoms with E-state index in [1.165, 1.54) is 12.1 Å². The van der Waals surface area contributed by atoms with Crippen molar-refractivity contribution in [1.82, 2.24) is 15.1 Å². The first-order valence-corrected chi connectivity index (χ1v) is 9.70. The van der Waals surface area contributed by atoms with Gasteiger partial charge in [-0.2, -0.15) is 5.10 Å². The Kier molecular flexibility index (Phi) is 6.33. The second kappa shape index (κ2) is 8.26. The zero-order valence-corrected chi connectivity index (χ0v) is 15.3. The molecule has 0 fully saturated rings. The molecule has 1 aromatic carbocycles. The summed E-state index contributed by atoms with van der Waals surface area (Å²) < 4.78 is 24.3. The summed E-state index contributed by atoms with van der Waals surface area (Å²) in [4.78, 5) is 11.9. The summed E-state index contributed by atoms with van der Waals surface area (Å²) in [7, 11) is -3.68. The number of amides is 1. The summed E-state index contributed by atoms with van der Waals surface area (Å²) in [6, 6.07) is 8.29. The fourth-order valence-electron chi connectivity index (χ4n) is 2.55. The number of sulfonamides is 1. The number of primary sulfonamides is 1. The van der Waals surface area contributed by atoms with Crippen molar-refractivity contribution in [2.75, 3.05) is 6.54 Å². The van der Waals surface area contributed by atoms with Crippen molar-refractivity contribution in [3.05, 3.63) is 47.3 Å². The predicted octanol–water partition coefficient (Wildman–Crippen LogP) is 1.29. The summed E-state index contributed by atoms with van der Waals surface area (Å²) >= 11 is 0. The Morgan fingerprint density at radius 3 is 2.48 bits per heavy atom. The number of aryl methyl sites for hydroxylation is 4. The number of nitrogens with zero attached hydrogens (tertiary/aromatic N) is 2. The SMILES string of the molecule is Cc1cc(C)n(CCCNC(=O)CCc2ccc(S(N)(=O)=O)cc2)n1. The van der Waals surface area contributed by atoms with Gasteiger partial charge in [0.25, 0.3) is 0 Å².